The zero-order valence-electron chi connectivity index (χ0n) is 26.6. The van der Waals surface area contributed by atoms with Gasteiger partial charge in [-0.25, -0.2) is 0 Å². The van der Waals surface area contributed by atoms with E-state index < -0.39 is 42.7 Å². The van der Waals surface area contributed by atoms with Crippen LogP contribution in [0, 0.1) is 0 Å². The number of halogens is 2. The number of carbonyl (C=O) groups excluding carboxylic acids is 1. The largest absolute Gasteiger partial charge is 0.490 e. The molecule has 2 saturated carbocycles. The lowest BCUT2D eigenvalue weighted by Crippen LogP contribution is -2.60. The summed E-state index contributed by atoms with van der Waals surface area (Å²) >= 11 is 13.4. The maximum absolute atomic E-state index is 12.4. The molecule has 1 saturated heterocycles. The van der Waals surface area contributed by atoms with Crippen molar-refractivity contribution < 1.29 is 39.4 Å². The van der Waals surface area contributed by atoms with E-state index in [1.807, 2.05) is 42.6 Å². The molecule has 6 rings (SSSR count). The third-order valence-electron chi connectivity index (χ3n) is 9.32. The fourth-order valence-electron chi connectivity index (χ4n) is 6.15. The molecule has 1 aromatic heterocycles. The monoisotopic (exact) mass is 700 g/mol. The van der Waals surface area contributed by atoms with Crippen LogP contribution in [-0.2, 0) is 32.9 Å². The Morgan fingerprint density at radius 3 is 2.44 bits per heavy atom. The number of aliphatic hydroxyl groups excluding tert-OH is 4. The molecule has 3 fully saturated rings. The van der Waals surface area contributed by atoms with Gasteiger partial charge in [0.05, 0.1) is 24.9 Å². The van der Waals surface area contributed by atoms with E-state index in [9.17, 15) is 25.2 Å². The van der Waals surface area contributed by atoms with Crippen molar-refractivity contribution >= 4 is 29.1 Å². The van der Waals surface area contributed by atoms with Crippen LogP contribution in [0.4, 0.5) is 0 Å². The maximum atomic E-state index is 12.4. The molecule has 1 aliphatic heterocycles. The van der Waals surface area contributed by atoms with Crippen molar-refractivity contribution in [3.05, 3.63) is 81.6 Å². The van der Waals surface area contributed by atoms with Crippen LogP contribution in [0.3, 0.4) is 0 Å². The van der Waals surface area contributed by atoms with Crippen molar-refractivity contribution in [3.8, 4) is 16.9 Å². The van der Waals surface area contributed by atoms with E-state index in [2.05, 4.69) is 16.4 Å². The molecule has 258 valence electrons. The number of para-hydroxylation sites is 1. The summed E-state index contributed by atoms with van der Waals surface area (Å²) in [5, 5.41) is 43.2. The van der Waals surface area contributed by atoms with E-state index in [4.69, 9.17) is 37.4 Å². The Labute approximate surface area is 290 Å². The first-order valence-corrected chi connectivity index (χ1v) is 17.3. The fraction of sp³-hybridized carbons (Fsp3) is 0.500. The Hall–Kier alpha value is -2.80. The number of benzene rings is 2. The topological polar surface area (TPSA) is 151 Å². The minimum absolute atomic E-state index is 0.0588. The van der Waals surface area contributed by atoms with Gasteiger partial charge in [0.25, 0.3) is 0 Å². The number of hydrogen-bond donors (Lipinski definition) is 5. The number of unbranched alkanes of at least 4 members (excludes halogenated alkanes) is 1. The SMILES string of the molecule is O=C(CCCCc1cc(Cl)c(COC2(c3cnccc3-c3ccccc3OC3CC3)CC2)cc1Cl)NCC1O[C@H](CO)[C@@H](O)[C@H](O)[C@H]1O. The first kappa shape index (κ1) is 35.0. The highest BCUT2D eigenvalue weighted by Gasteiger charge is 2.48. The lowest BCUT2D eigenvalue weighted by atomic mass is 9.95. The fourth-order valence-corrected chi connectivity index (χ4v) is 6.67. The Morgan fingerprint density at radius 2 is 1.69 bits per heavy atom. The number of hydrogen-bond acceptors (Lipinski definition) is 9. The summed E-state index contributed by atoms with van der Waals surface area (Å²) in [6.07, 6.45) is 3.79. The predicted molar refractivity (Wildman–Crippen MR) is 180 cm³/mol. The number of amides is 1. The third-order valence-corrected chi connectivity index (χ3v) is 10.0. The van der Waals surface area contributed by atoms with Gasteiger partial charge in [0, 0.05) is 46.5 Å². The minimum atomic E-state index is -1.48. The lowest BCUT2D eigenvalue weighted by molar-refractivity contribution is -0.227. The maximum Gasteiger partial charge on any atom is 0.220 e. The Bertz CT molecular complexity index is 1580. The molecule has 1 unspecified atom stereocenters. The van der Waals surface area contributed by atoms with Gasteiger partial charge in [-0.1, -0.05) is 41.4 Å². The molecule has 48 heavy (non-hydrogen) atoms. The second-order valence-corrected chi connectivity index (χ2v) is 13.7. The number of pyridine rings is 1. The van der Waals surface area contributed by atoms with Gasteiger partial charge in [-0.2, -0.15) is 0 Å². The molecule has 12 heteroatoms. The van der Waals surface area contributed by atoms with E-state index in [-0.39, 0.29) is 25.0 Å². The molecule has 0 bridgehead atoms. The van der Waals surface area contributed by atoms with Crippen LogP contribution < -0.4 is 10.1 Å². The molecule has 1 amide bonds. The van der Waals surface area contributed by atoms with Gasteiger partial charge in [0.1, 0.15) is 36.3 Å². The average Bonchev–Trinajstić information content (AvgIpc) is 4.04. The van der Waals surface area contributed by atoms with Crippen LogP contribution in [0.15, 0.2) is 54.9 Å². The molecule has 2 aromatic carbocycles. The van der Waals surface area contributed by atoms with E-state index in [0.717, 1.165) is 59.3 Å². The Balaban J connectivity index is 1.00. The van der Waals surface area contributed by atoms with Crippen LogP contribution in [0.2, 0.25) is 10.0 Å². The standard InChI is InChI=1S/C36H42Cl2N2O8/c37-27-16-22(20-46-36(12-13-36)26-17-39-14-11-24(26)25-6-2-3-7-29(25)47-23-9-10-23)28(38)15-21(27)5-1-4-8-32(42)40-18-30-33(43)35(45)34(44)31(19-41)48-30/h2-3,6-7,11,14-17,23,30-31,33-35,41,43-45H,1,4-5,8-10,12-13,18-20H2,(H,40,42)/t30?,31-,33+,34-,35-/m1/s1. The third kappa shape index (κ3) is 8.14. The molecule has 5 atom stereocenters. The summed E-state index contributed by atoms with van der Waals surface area (Å²) in [4.78, 5) is 16.8. The van der Waals surface area contributed by atoms with E-state index in [1.165, 1.54) is 0 Å². The van der Waals surface area contributed by atoms with Gasteiger partial charge >= 0.3 is 0 Å². The van der Waals surface area contributed by atoms with E-state index in [1.54, 1.807) is 6.20 Å². The van der Waals surface area contributed by atoms with Gasteiger partial charge in [0.15, 0.2) is 0 Å². The average molecular weight is 702 g/mol. The lowest BCUT2D eigenvalue weighted by Gasteiger charge is -2.40. The van der Waals surface area contributed by atoms with Crippen molar-refractivity contribution in [3.63, 3.8) is 0 Å². The van der Waals surface area contributed by atoms with Gasteiger partial charge < -0.3 is 40.0 Å². The first-order valence-electron chi connectivity index (χ1n) is 16.6. The summed E-state index contributed by atoms with van der Waals surface area (Å²) < 4.78 is 18.2. The number of aliphatic hydroxyl groups is 4. The van der Waals surface area contributed by atoms with Crippen LogP contribution in [0.25, 0.3) is 11.1 Å². The Kier molecular flexibility index (Phi) is 11.2. The van der Waals surface area contributed by atoms with Gasteiger partial charge in [-0.15, -0.1) is 0 Å². The molecule has 2 heterocycles. The molecular formula is C36H42Cl2N2O8. The number of carbonyl (C=O) groups is 1. The van der Waals surface area contributed by atoms with E-state index in [0.29, 0.717) is 35.9 Å². The predicted octanol–water partition coefficient (Wildman–Crippen LogP) is 4.47. The smallest absolute Gasteiger partial charge is 0.220 e. The summed E-state index contributed by atoms with van der Waals surface area (Å²) in [6.45, 7) is -0.284. The first-order chi connectivity index (χ1) is 23.2. The summed E-state index contributed by atoms with van der Waals surface area (Å²) in [5.74, 6) is 0.635. The number of aromatic nitrogens is 1. The van der Waals surface area contributed by atoms with Gasteiger partial charge in [-0.05, 0) is 85.9 Å². The molecule has 10 nitrogen and oxygen atoms in total. The highest BCUT2D eigenvalue weighted by atomic mass is 35.5. The van der Waals surface area contributed by atoms with Crippen LogP contribution in [0.1, 0.15) is 61.6 Å². The van der Waals surface area contributed by atoms with Crippen LogP contribution in [-0.4, -0.2) is 81.1 Å². The van der Waals surface area contributed by atoms with Crippen molar-refractivity contribution in [2.24, 2.45) is 0 Å². The van der Waals surface area contributed by atoms with Crippen molar-refractivity contribution in [2.45, 2.75) is 100 Å². The van der Waals surface area contributed by atoms with Crippen molar-refractivity contribution in [1.82, 2.24) is 10.3 Å². The Morgan fingerprint density at radius 1 is 0.958 bits per heavy atom. The molecule has 3 aliphatic rings. The zero-order valence-corrected chi connectivity index (χ0v) is 28.1. The number of nitrogens with one attached hydrogen (secondary N) is 1. The molecular weight excluding hydrogens is 659 g/mol. The summed E-state index contributed by atoms with van der Waals surface area (Å²) in [7, 11) is 0. The van der Waals surface area contributed by atoms with Crippen molar-refractivity contribution in [1.29, 1.82) is 0 Å². The van der Waals surface area contributed by atoms with Gasteiger partial charge in [-0.3, -0.25) is 9.78 Å². The summed E-state index contributed by atoms with van der Waals surface area (Å²) in [6, 6.07) is 13.9. The summed E-state index contributed by atoms with van der Waals surface area (Å²) in [5.41, 5.74) is 4.35. The number of rotatable bonds is 15. The zero-order chi connectivity index (χ0) is 33.8. The number of nitrogens with zero attached hydrogens (tertiary/aromatic N) is 1. The van der Waals surface area contributed by atoms with Crippen molar-refractivity contribution in [2.75, 3.05) is 13.2 Å². The highest BCUT2D eigenvalue weighted by molar-refractivity contribution is 6.34. The van der Waals surface area contributed by atoms with Crippen LogP contribution in [0.5, 0.6) is 5.75 Å². The number of ether oxygens (including phenoxy) is 3. The molecule has 3 aromatic rings. The molecule has 0 radical (unpaired) electrons. The second kappa shape index (κ2) is 15.4. The highest BCUT2D eigenvalue weighted by Crippen LogP contribution is 2.53. The molecule has 0 spiro atoms. The quantitative estimate of drug-likeness (QED) is 0.145. The van der Waals surface area contributed by atoms with Crippen LogP contribution >= 0.6 is 23.2 Å². The molecule has 2 aliphatic carbocycles. The number of aryl methyl sites for hydroxylation is 1. The van der Waals surface area contributed by atoms with Gasteiger partial charge in [0.2, 0.25) is 5.91 Å². The normalized spacial score (nSPS) is 24.7. The molecule has 5 N–H and O–H groups in total. The minimum Gasteiger partial charge on any atom is -0.490 e. The van der Waals surface area contributed by atoms with E-state index >= 15 is 0 Å². The second-order valence-electron chi connectivity index (χ2n) is 12.9.